The van der Waals surface area contributed by atoms with Crippen molar-refractivity contribution in [2.24, 2.45) is 5.92 Å². The van der Waals surface area contributed by atoms with Crippen molar-refractivity contribution in [2.45, 2.75) is 32.1 Å². The number of carbonyl (C=O) groups is 3. The van der Waals surface area contributed by atoms with Gasteiger partial charge in [-0.2, -0.15) is 13.2 Å². The Morgan fingerprint density at radius 3 is 2.60 bits per heavy atom. The van der Waals surface area contributed by atoms with Crippen LogP contribution < -0.4 is 20.0 Å². The Morgan fingerprint density at radius 2 is 1.93 bits per heavy atom. The van der Waals surface area contributed by atoms with Gasteiger partial charge in [0.2, 0.25) is 17.7 Å². The zero-order valence-electron chi connectivity index (χ0n) is 22.5. The first-order valence-corrected chi connectivity index (χ1v) is 13.2. The average molecular weight is 600 g/mol. The maximum absolute atomic E-state index is 13.9. The number of benzene rings is 1. The van der Waals surface area contributed by atoms with Gasteiger partial charge in [0.15, 0.2) is 0 Å². The lowest BCUT2D eigenvalue weighted by atomic mass is 9.95. The molecular weight excluding hydrogens is 575 g/mol. The van der Waals surface area contributed by atoms with E-state index in [2.05, 4.69) is 26.8 Å². The van der Waals surface area contributed by atoms with Gasteiger partial charge in [-0.05, 0) is 37.3 Å². The number of fused-ring (bicyclic) bond motifs is 2. The molecule has 0 bridgehead atoms. The Kier molecular flexibility index (Phi) is 7.62. The van der Waals surface area contributed by atoms with Crippen LogP contribution in [0.2, 0.25) is 5.02 Å². The molecule has 2 aliphatic heterocycles. The average Bonchev–Trinajstić information content (AvgIpc) is 3.26. The molecule has 218 valence electrons. The molecule has 0 saturated carbocycles. The lowest BCUT2D eigenvalue weighted by Gasteiger charge is -2.39. The highest BCUT2D eigenvalue weighted by Gasteiger charge is 2.49. The third-order valence-corrected chi connectivity index (χ3v) is 7.42. The zero-order valence-corrected chi connectivity index (χ0v) is 23.3. The molecule has 10 nitrogen and oxygen atoms in total. The Hall–Kier alpha value is -4.52. The fourth-order valence-corrected chi connectivity index (χ4v) is 5.56. The predicted molar refractivity (Wildman–Crippen MR) is 150 cm³/mol. The number of rotatable bonds is 5. The fourth-order valence-electron chi connectivity index (χ4n) is 5.27. The van der Waals surface area contributed by atoms with E-state index >= 15 is 0 Å². The van der Waals surface area contributed by atoms with Crippen molar-refractivity contribution in [3.8, 4) is 0 Å². The molecule has 1 aromatic carbocycles. The number of para-hydroxylation sites is 1. The number of pyridine rings is 1. The number of nitrogens with one attached hydrogen (secondary N) is 1. The molecule has 0 spiro atoms. The molecule has 0 unspecified atom stereocenters. The van der Waals surface area contributed by atoms with E-state index in [9.17, 15) is 27.6 Å². The number of amides is 3. The van der Waals surface area contributed by atoms with E-state index in [0.29, 0.717) is 27.9 Å². The number of hydrogen-bond donors (Lipinski definition) is 1. The molecule has 14 heteroatoms. The van der Waals surface area contributed by atoms with Crippen molar-refractivity contribution in [1.82, 2.24) is 15.0 Å². The van der Waals surface area contributed by atoms with Crippen LogP contribution in [0.15, 0.2) is 55.4 Å². The molecule has 1 N–H and O–H groups in total. The normalized spacial score (nSPS) is 18.8. The van der Waals surface area contributed by atoms with Gasteiger partial charge < -0.3 is 15.1 Å². The van der Waals surface area contributed by atoms with E-state index in [1.54, 1.807) is 18.2 Å². The molecule has 2 atom stereocenters. The smallest absolute Gasteiger partial charge is 0.361 e. The monoisotopic (exact) mass is 599 g/mol. The summed E-state index contributed by atoms with van der Waals surface area (Å²) in [5.41, 5.74) is 0.414. The maximum Gasteiger partial charge on any atom is 0.416 e. The van der Waals surface area contributed by atoms with Gasteiger partial charge in [0.05, 0.1) is 46.6 Å². The predicted octanol–water partition coefficient (Wildman–Crippen LogP) is 4.38. The molecule has 42 heavy (non-hydrogen) atoms. The van der Waals surface area contributed by atoms with E-state index in [0.717, 1.165) is 23.1 Å². The summed E-state index contributed by atoms with van der Waals surface area (Å²) < 4.78 is 40.9. The highest BCUT2D eigenvalue weighted by Crippen LogP contribution is 2.43. The summed E-state index contributed by atoms with van der Waals surface area (Å²) in [6, 6.07) is 5.59. The van der Waals surface area contributed by atoms with Gasteiger partial charge in [-0.25, -0.2) is 15.0 Å². The van der Waals surface area contributed by atoms with Gasteiger partial charge >= 0.3 is 6.18 Å². The second kappa shape index (κ2) is 11.0. The minimum absolute atomic E-state index is 0.0614. The van der Waals surface area contributed by atoms with Gasteiger partial charge in [-0.1, -0.05) is 24.2 Å². The molecule has 1 fully saturated rings. The van der Waals surface area contributed by atoms with Crippen molar-refractivity contribution in [1.29, 1.82) is 0 Å². The van der Waals surface area contributed by atoms with E-state index in [-0.39, 0.29) is 31.0 Å². The Morgan fingerprint density at radius 1 is 1.21 bits per heavy atom. The van der Waals surface area contributed by atoms with Crippen LogP contribution in [0.4, 0.5) is 36.1 Å². The first kappa shape index (κ1) is 29.0. The van der Waals surface area contributed by atoms with Crippen molar-refractivity contribution >= 4 is 52.2 Å². The highest BCUT2D eigenvalue weighted by molar-refractivity contribution is 6.34. The number of nitrogens with zero attached hydrogens (tertiary/aromatic N) is 6. The third-order valence-electron chi connectivity index (χ3n) is 7.12. The number of alkyl halides is 3. The number of anilines is 4. The zero-order chi connectivity index (χ0) is 30.3. The number of likely N-dealkylation sites (N-methyl/N-ethyl adjacent to an activating group) is 1. The number of hydrogen-bond acceptors (Lipinski definition) is 7. The number of aryl methyl sites for hydroxylation is 1. The van der Waals surface area contributed by atoms with Crippen LogP contribution >= 0.6 is 11.6 Å². The Labute approximate surface area is 243 Å². The number of halogens is 4. The topological polar surface area (TPSA) is 112 Å². The van der Waals surface area contributed by atoms with E-state index in [1.807, 2.05) is 4.90 Å². The van der Waals surface area contributed by atoms with Crippen LogP contribution in [0, 0.1) is 12.8 Å². The minimum Gasteiger partial charge on any atom is -0.361 e. The van der Waals surface area contributed by atoms with Crippen LogP contribution in [0.5, 0.6) is 0 Å². The molecule has 3 aromatic rings. The minimum atomic E-state index is -4.66. The summed E-state index contributed by atoms with van der Waals surface area (Å²) in [7, 11) is 1.53. The van der Waals surface area contributed by atoms with Crippen molar-refractivity contribution < 1.29 is 27.6 Å². The van der Waals surface area contributed by atoms with Crippen molar-refractivity contribution in [3.05, 3.63) is 77.5 Å². The van der Waals surface area contributed by atoms with Gasteiger partial charge in [0, 0.05) is 31.6 Å². The maximum atomic E-state index is 13.9. The van der Waals surface area contributed by atoms with E-state index < -0.39 is 41.4 Å². The van der Waals surface area contributed by atoms with E-state index in [4.69, 9.17) is 11.6 Å². The number of aromatic nitrogens is 3. The van der Waals surface area contributed by atoms with Crippen molar-refractivity contribution in [2.75, 3.05) is 33.6 Å². The second-order valence-electron chi connectivity index (χ2n) is 9.99. The van der Waals surface area contributed by atoms with Gasteiger partial charge in [0.25, 0.3) is 0 Å². The highest BCUT2D eigenvalue weighted by atomic mass is 35.5. The second-order valence-corrected chi connectivity index (χ2v) is 10.4. The molecule has 2 aliphatic rings. The molecule has 0 radical (unpaired) electrons. The van der Waals surface area contributed by atoms with Crippen molar-refractivity contribution in [3.63, 3.8) is 0 Å². The fraction of sp³-hybridized carbons (Fsp3) is 0.286. The van der Waals surface area contributed by atoms with Crippen LogP contribution in [0.3, 0.4) is 0 Å². The summed E-state index contributed by atoms with van der Waals surface area (Å²) in [6.07, 6.45) is -0.790. The Bertz CT molecular complexity index is 1580. The third kappa shape index (κ3) is 5.51. The van der Waals surface area contributed by atoms with Crippen LogP contribution in [-0.4, -0.2) is 52.3 Å². The first-order chi connectivity index (χ1) is 19.9. The Balaban J connectivity index is 1.55. The molecule has 2 aromatic heterocycles. The summed E-state index contributed by atoms with van der Waals surface area (Å²) in [5, 5.41) is 2.91. The summed E-state index contributed by atoms with van der Waals surface area (Å²) >= 11 is 6.64. The van der Waals surface area contributed by atoms with Gasteiger partial charge in [0.1, 0.15) is 17.7 Å². The van der Waals surface area contributed by atoms with Crippen LogP contribution in [0.25, 0.3) is 0 Å². The molecule has 3 amide bonds. The molecular formula is C28H25ClF3N7O3. The SMILES string of the molecule is C=CC(=O)Nc1cnc(CN2C[C@H]3CC(=O)N(c4cc(C(F)(F)F)cc(C)n4)[C@@H]3C(=O)N(C)c3cccc(Cl)c32)nc1. The molecule has 5 rings (SSSR count). The first-order valence-electron chi connectivity index (χ1n) is 12.8. The van der Waals surface area contributed by atoms with Crippen LogP contribution in [0.1, 0.15) is 23.5 Å². The summed E-state index contributed by atoms with van der Waals surface area (Å²) in [5.74, 6) is -1.92. The molecule has 0 aliphatic carbocycles. The van der Waals surface area contributed by atoms with Gasteiger partial charge in [-0.15, -0.1) is 0 Å². The standard InChI is InChI=1S/C28H25ClF3N7O3/c1-4-23(40)36-18-11-33-21(34-12-18)14-38-13-16-9-24(41)39(22-10-17(28(30,31)32)8-15(2)35-22)25(16)27(42)37(3)20-7-5-6-19(29)26(20)38/h4-8,10-12,16,25H,1,9,13-14H2,2-3H3,(H,36,40)/t16-,25+/m1/s1. The summed E-state index contributed by atoms with van der Waals surface area (Å²) in [4.78, 5) is 56.0. The summed E-state index contributed by atoms with van der Waals surface area (Å²) in [6.45, 7) is 5.06. The number of carbonyl (C=O) groups excluding carboxylic acids is 3. The largest absolute Gasteiger partial charge is 0.416 e. The van der Waals surface area contributed by atoms with Gasteiger partial charge in [-0.3, -0.25) is 19.3 Å². The lowest BCUT2D eigenvalue weighted by Crippen LogP contribution is -2.52. The lowest BCUT2D eigenvalue weighted by molar-refractivity contribution is -0.137. The molecule has 1 saturated heterocycles. The van der Waals surface area contributed by atoms with E-state index in [1.165, 1.54) is 31.3 Å². The quantitative estimate of drug-likeness (QED) is 0.433. The van der Waals surface area contributed by atoms with Crippen LogP contribution in [-0.2, 0) is 27.1 Å². The molecule has 4 heterocycles.